The van der Waals surface area contributed by atoms with Crippen molar-refractivity contribution in [2.45, 2.75) is 17.6 Å². The molecule has 1 saturated carbocycles. The van der Waals surface area contributed by atoms with E-state index in [1.165, 1.54) is 6.26 Å². The summed E-state index contributed by atoms with van der Waals surface area (Å²) in [4.78, 5) is 0. The second kappa shape index (κ2) is 2.97. The molecular weight excluding hydrogens is 220 g/mol. The van der Waals surface area contributed by atoms with E-state index in [9.17, 15) is 8.42 Å². The van der Waals surface area contributed by atoms with Crippen molar-refractivity contribution in [3.05, 3.63) is 34.9 Å². The zero-order chi connectivity index (χ0) is 10.4. The van der Waals surface area contributed by atoms with Gasteiger partial charge >= 0.3 is 0 Å². The molecule has 0 radical (unpaired) electrons. The minimum absolute atomic E-state index is 0.595. The average molecular weight is 231 g/mol. The van der Waals surface area contributed by atoms with Crippen LogP contribution in [0, 0.1) is 0 Å². The van der Waals surface area contributed by atoms with Crippen LogP contribution in [0.5, 0.6) is 0 Å². The Morgan fingerprint density at radius 2 is 2.00 bits per heavy atom. The fraction of sp³-hybridized carbons (Fsp3) is 0.400. The molecule has 0 heterocycles. The molecule has 1 aliphatic rings. The molecule has 0 saturated heterocycles. The Hall–Kier alpha value is -0.540. The van der Waals surface area contributed by atoms with Crippen LogP contribution in [0.25, 0.3) is 0 Å². The van der Waals surface area contributed by atoms with Crippen LogP contribution < -0.4 is 0 Å². The summed E-state index contributed by atoms with van der Waals surface area (Å²) in [6.45, 7) is 0. The number of halogens is 1. The predicted molar refractivity (Wildman–Crippen MR) is 57.2 cm³/mol. The van der Waals surface area contributed by atoms with E-state index >= 15 is 0 Å². The van der Waals surface area contributed by atoms with Crippen LogP contribution in [0.3, 0.4) is 0 Å². The van der Waals surface area contributed by atoms with E-state index in [1.807, 2.05) is 6.07 Å². The fourth-order valence-electron chi connectivity index (χ4n) is 1.76. The summed E-state index contributed by atoms with van der Waals surface area (Å²) in [7, 11) is -3.02. The van der Waals surface area contributed by atoms with Crippen molar-refractivity contribution in [1.29, 1.82) is 0 Å². The second-order valence-corrected chi connectivity index (χ2v) is 6.54. The molecule has 0 unspecified atom stereocenters. The molecule has 1 aliphatic carbocycles. The molecule has 1 fully saturated rings. The van der Waals surface area contributed by atoms with Gasteiger partial charge in [0.05, 0.1) is 4.75 Å². The number of sulfone groups is 1. The molecule has 4 heteroatoms. The van der Waals surface area contributed by atoms with Crippen molar-refractivity contribution >= 4 is 21.4 Å². The van der Waals surface area contributed by atoms with Crippen molar-refractivity contribution in [2.75, 3.05) is 6.26 Å². The van der Waals surface area contributed by atoms with Gasteiger partial charge in [0.15, 0.2) is 9.84 Å². The smallest absolute Gasteiger partial charge is 0.157 e. The lowest BCUT2D eigenvalue weighted by Crippen LogP contribution is -2.19. The number of hydrogen-bond acceptors (Lipinski definition) is 2. The van der Waals surface area contributed by atoms with Crippen molar-refractivity contribution in [1.82, 2.24) is 0 Å². The van der Waals surface area contributed by atoms with E-state index in [4.69, 9.17) is 11.6 Å². The van der Waals surface area contributed by atoms with Crippen molar-refractivity contribution in [3.8, 4) is 0 Å². The maximum absolute atomic E-state index is 11.6. The molecule has 0 aromatic heterocycles. The topological polar surface area (TPSA) is 34.1 Å². The minimum Gasteiger partial charge on any atom is -0.228 e. The molecule has 0 aliphatic heterocycles. The summed E-state index contributed by atoms with van der Waals surface area (Å²) < 4.78 is 22.5. The van der Waals surface area contributed by atoms with Crippen LogP contribution in [-0.4, -0.2) is 14.7 Å². The lowest BCUT2D eigenvalue weighted by atomic mass is 10.1. The van der Waals surface area contributed by atoms with Gasteiger partial charge in [-0.3, -0.25) is 0 Å². The molecular formula is C10H11ClO2S. The Kier molecular flexibility index (Phi) is 2.12. The largest absolute Gasteiger partial charge is 0.228 e. The summed E-state index contributed by atoms with van der Waals surface area (Å²) in [6, 6.07) is 7.13. The van der Waals surface area contributed by atoms with Gasteiger partial charge in [-0.2, -0.15) is 0 Å². The first-order chi connectivity index (χ1) is 6.46. The first-order valence-corrected chi connectivity index (χ1v) is 6.68. The van der Waals surface area contributed by atoms with Gasteiger partial charge in [0, 0.05) is 11.3 Å². The summed E-state index contributed by atoms with van der Waals surface area (Å²) in [6.07, 6.45) is 2.72. The lowest BCUT2D eigenvalue weighted by molar-refractivity contribution is 0.586. The molecule has 0 N–H and O–H groups in total. The molecule has 0 spiro atoms. The van der Waals surface area contributed by atoms with Crippen LogP contribution in [0.1, 0.15) is 18.4 Å². The van der Waals surface area contributed by atoms with Gasteiger partial charge in [-0.25, -0.2) is 8.42 Å². The summed E-state index contributed by atoms with van der Waals surface area (Å²) in [5.74, 6) is 0. The second-order valence-electron chi connectivity index (χ2n) is 3.78. The molecule has 1 aromatic carbocycles. The van der Waals surface area contributed by atoms with Crippen LogP contribution in [-0.2, 0) is 14.6 Å². The first kappa shape index (κ1) is 9.99. The van der Waals surface area contributed by atoms with E-state index in [2.05, 4.69) is 0 Å². The lowest BCUT2D eigenvalue weighted by Gasteiger charge is -2.13. The van der Waals surface area contributed by atoms with Gasteiger partial charge in [-0.1, -0.05) is 23.7 Å². The van der Waals surface area contributed by atoms with Crippen LogP contribution in [0.4, 0.5) is 0 Å². The number of hydrogen-bond donors (Lipinski definition) is 0. The predicted octanol–water partition coefficient (Wildman–Crippen LogP) is 2.37. The fourth-order valence-corrected chi connectivity index (χ4v) is 3.35. The summed E-state index contributed by atoms with van der Waals surface area (Å²) in [5, 5.41) is 0.595. The van der Waals surface area contributed by atoms with Crippen molar-refractivity contribution in [2.24, 2.45) is 0 Å². The Bertz CT molecular complexity index is 461. The van der Waals surface area contributed by atoms with E-state index in [0.717, 1.165) is 5.56 Å². The first-order valence-electron chi connectivity index (χ1n) is 4.41. The zero-order valence-corrected chi connectivity index (χ0v) is 9.40. The molecule has 0 amide bonds. The highest BCUT2D eigenvalue weighted by atomic mass is 35.5. The third kappa shape index (κ3) is 1.44. The number of rotatable bonds is 2. The van der Waals surface area contributed by atoms with E-state index < -0.39 is 14.6 Å². The molecule has 14 heavy (non-hydrogen) atoms. The van der Waals surface area contributed by atoms with Crippen LogP contribution in [0.15, 0.2) is 24.3 Å². The number of benzene rings is 1. The monoisotopic (exact) mass is 230 g/mol. The maximum atomic E-state index is 11.6. The standard InChI is InChI=1S/C10H11ClO2S/c1-14(12,13)10(5-6-10)8-3-2-4-9(11)7-8/h2-4,7H,5-6H2,1H3. The molecule has 1 aromatic rings. The normalized spacial score (nSPS) is 19.3. The van der Waals surface area contributed by atoms with Gasteiger partial charge in [0.1, 0.15) is 0 Å². The Labute approximate surface area is 88.8 Å². The van der Waals surface area contributed by atoms with Gasteiger partial charge in [0.25, 0.3) is 0 Å². The minimum atomic E-state index is -3.02. The molecule has 2 rings (SSSR count). The maximum Gasteiger partial charge on any atom is 0.157 e. The quantitative estimate of drug-likeness (QED) is 0.782. The van der Waals surface area contributed by atoms with E-state index in [1.54, 1.807) is 18.2 Å². The molecule has 76 valence electrons. The third-order valence-corrected chi connectivity index (χ3v) is 5.06. The van der Waals surface area contributed by atoms with Gasteiger partial charge in [0.2, 0.25) is 0 Å². The SMILES string of the molecule is CS(=O)(=O)C1(c2cccc(Cl)c2)CC1. The summed E-state index contributed by atoms with van der Waals surface area (Å²) >= 11 is 5.83. The molecule has 0 bridgehead atoms. The molecule has 2 nitrogen and oxygen atoms in total. The highest BCUT2D eigenvalue weighted by Gasteiger charge is 2.53. The summed E-state index contributed by atoms with van der Waals surface area (Å²) in [5.41, 5.74) is 0.826. The van der Waals surface area contributed by atoms with Crippen molar-refractivity contribution < 1.29 is 8.42 Å². The molecule has 0 atom stereocenters. The third-order valence-electron chi connectivity index (χ3n) is 2.76. The van der Waals surface area contributed by atoms with Gasteiger partial charge in [-0.05, 0) is 30.5 Å². The van der Waals surface area contributed by atoms with Gasteiger partial charge < -0.3 is 0 Å². The van der Waals surface area contributed by atoms with Crippen molar-refractivity contribution in [3.63, 3.8) is 0 Å². The average Bonchev–Trinajstić information content (AvgIpc) is 2.82. The van der Waals surface area contributed by atoms with Crippen LogP contribution in [0.2, 0.25) is 5.02 Å². The Balaban J connectivity index is 2.51. The highest BCUT2D eigenvalue weighted by molar-refractivity contribution is 7.92. The van der Waals surface area contributed by atoms with E-state index in [-0.39, 0.29) is 0 Å². The van der Waals surface area contributed by atoms with E-state index in [0.29, 0.717) is 17.9 Å². The highest BCUT2D eigenvalue weighted by Crippen LogP contribution is 2.52. The zero-order valence-electron chi connectivity index (χ0n) is 7.83. The Morgan fingerprint density at radius 1 is 1.36 bits per heavy atom. The Morgan fingerprint density at radius 3 is 2.43 bits per heavy atom. The van der Waals surface area contributed by atoms with Gasteiger partial charge in [-0.15, -0.1) is 0 Å². The van der Waals surface area contributed by atoms with Crippen LogP contribution >= 0.6 is 11.6 Å².